The Balaban J connectivity index is 0.00000180. The van der Waals surface area contributed by atoms with Crippen molar-refractivity contribution >= 4 is 23.6 Å². The Morgan fingerprint density at radius 3 is 2.63 bits per heavy atom. The minimum atomic E-state index is -0.602. The molecule has 1 amide bonds. The number of benzene rings is 1. The second kappa shape index (κ2) is 6.94. The van der Waals surface area contributed by atoms with Gasteiger partial charge in [0.25, 0.3) is 5.91 Å². The summed E-state index contributed by atoms with van der Waals surface area (Å²) in [6.45, 7) is 0. The SMILES string of the molecule is O=C(N/N=C(\[S-])c1ccco1)c1ccccc1[O-].[Cu+2]. The van der Waals surface area contributed by atoms with Crippen molar-refractivity contribution in [3.63, 3.8) is 0 Å². The van der Waals surface area contributed by atoms with Crippen LogP contribution in [-0.4, -0.2) is 11.0 Å². The molecule has 0 spiro atoms. The Kier molecular flexibility index (Phi) is 5.56. The summed E-state index contributed by atoms with van der Waals surface area (Å²) in [7, 11) is 0. The number of hydrazone groups is 1. The Bertz CT molecular complexity index is 584. The van der Waals surface area contributed by atoms with Gasteiger partial charge in [0.15, 0.2) is 0 Å². The first-order valence-corrected chi connectivity index (χ1v) is 5.44. The van der Waals surface area contributed by atoms with Crippen molar-refractivity contribution in [2.45, 2.75) is 0 Å². The van der Waals surface area contributed by atoms with Gasteiger partial charge in [-0.2, -0.15) is 5.10 Å². The third kappa shape index (κ3) is 3.82. The van der Waals surface area contributed by atoms with Crippen molar-refractivity contribution in [2.75, 3.05) is 0 Å². The molecule has 2 rings (SSSR count). The molecule has 1 radical (unpaired) electrons. The molecule has 0 unspecified atom stereocenters. The first kappa shape index (κ1) is 15.2. The fraction of sp³-hybridized carbons (Fsp3) is 0. The van der Waals surface area contributed by atoms with Crippen LogP contribution in [0.25, 0.3) is 0 Å². The van der Waals surface area contributed by atoms with Gasteiger partial charge in [-0.05, 0) is 17.2 Å². The van der Waals surface area contributed by atoms with Crippen LogP contribution in [0.4, 0.5) is 0 Å². The van der Waals surface area contributed by atoms with Gasteiger partial charge in [-0.1, -0.05) is 30.0 Å². The van der Waals surface area contributed by atoms with E-state index in [1.54, 1.807) is 24.3 Å². The Hall–Kier alpha value is -1.82. The van der Waals surface area contributed by atoms with E-state index in [4.69, 9.17) is 17.0 Å². The number of nitrogens with zero attached hydrogens (tertiary/aromatic N) is 1. The van der Waals surface area contributed by atoms with Gasteiger partial charge in [0.05, 0.1) is 6.26 Å². The predicted octanol–water partition coefficient (Wildman–Crippen LogP) is 0.989. The van der Waals surface area contributed by atoms with E-state index < -0.39 is 5.91 Å². The fourth-order valence-electron chi connectivity index (χ4n) is 1.27. The molecule has 0 aliphatic rings. The number of furan rings is 1. The smallest absolute Gasteiger partial charge is 0.872 e. The minimum Gasteiger partial charge on any atom is -0.872 e. The third-order valence-electron chi connectivity index (χ3n) is 2.12. The maximum atomic E-state index is 11.6. The molecule has 0 aliphatic heterocycles. The number of hydrogen-bond acceptors (Lipinski definition) is 5. The second-order valence-corrected chi connectivity index (χ2v) is 3.72. The summed E-state index contributed by atoms with van der Waals surface area (Å²) in [5.41, 5.74) is 2.23. The van der Waals surface area contributed by atoms with E-state index in [2.05, 4.69) is 10.5 Å². The Labute approximate surface area is 125 Å². The van der Waals surface area contributed by atoms with Gasteiger partial charge < -0.3 is 22.2 Å². The average Bonchev–Trinajstić information content (AvgIpc) is 2.90. The summed E-state index contributed by atoms with van der Waals surface area (Å²) in [5.74, 6) is -0.593. The van der Waals surface area contributed by atoms with E-state index >= 15 is 0 Å². The van der Waals surface area contributed by atoms with E-state index in [0.717, 1.165) is 0 Å². The van der Waals surface area contributed by atoms with Crippen molar-refractivity contribution in [3.8, 4) is 5.75 Å². The van der Waals surface area contributed by atoms with Gasteiger partial charge >= 0.3 is 17.1 Å². The molecule has 1 heterocycles. The quantitative estimate of drug-likeness (QED) is 0.300. The van der Waals surface area contributed by atoms with Crippen LogP contribution in [0.15, 0.2) is 52.2 Å². The molecule has 5 nitrogen and oxygen atoms in total. The molecule has 101 valence electrons. The molecule has 1 N–H and O–H groups in total. The number of nitrogens with one attached hydrogen (secondary N) is 1. The minimum absolute atomic E-state index is 0. The molecule has 2 aromatic rings. The Morgan fingerprint density at radius 2 is 2.00 bits per heavy atom. The van der Waals surface area contributed by atoms with Gasteiger partial charge in [0, 0.05) is 5.56 Å². The number of carbonyl (C=O) groups is 1. The van der Waals surface area contributed by atoms with E-state index in [1.807, 2.05) is 0 Å². The van der Waals surface area contributed by atoms with Gasteiger partial charge in [-0.15, -0.1) is 0 Å². The summed E-state index contributed by atoms with van der Waals surface area (Å²) in [4.78, 5) is 11.6. The third-order valence-corrected chi connectivity index (χ3v) is 2.42. The summed E-state index contributed by atoms with van der Waals surface area (Å²) in [6.07, 6.45) is 1.45. The maximum Gasteiger partial charge on any atom is 2.00 e. The van der Waals surface area contributed by atoms with E-state index in [-0.39, 0.29) is 33.4 Å². The first-order chi connectivity index (χ1) is 8.68. The predicted molar refractivity (Wildman–Crippen MR) is 66.0 cm³/mol. The molecule has 0 fully saturated rings. The topological polar surface area (TPSA) is 77.7 Å². The molecule has 0 atom stereocenters. The molecule has 0 bridgehead atoms. The van der Waals surface area contributed by atoms with E-state index in [0.29, 0.717) is 5.76 Å². The van der Waals surface area contributed by atoms with Crippen molar-refractivity contribution in [1.29, 1.82) is 0 Å². The molecule has 7 heteroatoms. The van der Waals surface area contributed by atoms with Gasteiger partial charge in [0.1, 0.15) is 5.76 Å². The van der Waals surface area contributed by atoms with Gasteiger partial charge in [-0.25, -0.2) is 5.43 Å². The van der Waals surface area contributed by atoms with Crippen molar-refractivity contribution < 1.29 is 31.4 Å². The van der Waals surface area contributed by atoms with Crippen LogP contribution in [0.1, 0.15) is 16.1 Å². The van der Waals surface area contributed by atoms with Crippen LogP contribution in [0, 0.1) is 0 Å². The summed E-state index contributed by atoms with van der Waals surface area (Å²) in [5, 5.41) is 15.2. The normalized spacial score (nSPS) is 10.6. The van der Waals surface area contributed by atoms with Crippen LogP contribution >= 0.6 is 0 Å². The molecular weight excluding hydrogens is 316 g/mol. The van der Waals surface area contributed by atoms with Crippen molar-refractivity contribution in [2.24, 2.45) is 5.10 Å². The maximum absolute atomic E-state index is 11.6. The molecule has 1 aromatic heterocycles. The summed E-state index contributed by atoms with van der Waals surface area (Å²) in [6, 6.07) is 9.17. The number of para-hydroxylation sites is 1. The summed E-state index contributed by atoms with van der Waals surface area (Å²) >= 11 is 4.92. The average molecular weight is 324 g/mol. The molecule has 1 aromatic carbocycles. The van der Waals surface area contributed by atoms with Crippen molar-refractivity contribution in [1.82, 2.24) is 5.43 Å². The van der Waals surface area contributed by atoms with Crippen molar-refractivity contribution in [3.05, 3.63) is 54.0 Å². The molecule has 0 saturated carbocycles. The monoisotopic (exact) mass is 323 g/mol. The zero-order valence-corrected chi connectivity index (χ0v) is 11.2. The number of amides is 1. The summed E-state index contributed by atoms with van der Waals surface area (Å²) < 4.78 is 5.01. The van der Waals surface area contributed by atoms with Crippen LogP contribution < -0.4 is 10.5 Å². The largest absolute Gasteiger partial charge is 2.00 e. The number of carbonyl (C=O) groups excluding carboxylic acids is 1. The molecule has 19 heavy (non-hydrogen) atoms. The van der Waals surface area contributed by atoms with Crippen LogP contribution in [0.3, 0.4) is 0 Å². The van der Waals surface area contributed by atoms with Gasteiger partial charge in [0.2, 0.25) is 0 Å². The first-order valence-electron chi connectivity index (χ1n) is 5.03. The fourth-order valence-corrected chi connectivity index (χ4v) is 1.43. The molecule has 0 aliphatic carbocycles. The second-order valence-electron chi connectivity index (χ2n) is 3.33. The molecule has 0 saturated heterocycles. The zero-order valence-electron chi connectivity index (χ0n) is 9.42. The standard InChI is InChI=1S/C12H10N2O3S.Cu/c15-9-5-2-1-4-8(9)11(16)13-14-12(18)10-6-3-7-17-10;/h1-7,15H,(H,13,16)(H,14,18);/q;+2/p-2. The van der Waals surface area contributed by atoms with Crippen LogP contribution in [0.5, 0.6) is 5.75 Å². The zero-order chi connectivity index (χ0) is 13.0. The van der Waals surface area contributed by atoms with E-state index in [9.17, 15) is 9.90 Å². The van der Waals surface area contributed by atoms with Crippen LogP contribution in [0.2, 0.25) is 0 Å². The van der Waals surface area contributed by atoms with Crippen LogP contribution in [-0.2, 0) is 29.7 Å². The number of hydrogen-bond donors (Lipinski definition) is 1. The van der Waals surface area contributed by atoms with Gasteiger partial charge in [-0.3, -0.25) is 4.79 Å². The van der Waals surface area contributed by atoms with E-state index in [1.165, 1.54) is 18.4 Å². The molecular formula is C12H8CuN2O3S. The number of rotatable bonds is 3. The Morgan fingerprint density at radius 1 is 1.26 bits per heavy atom.